The van der Waals surface area contributed by atoms with Crippen LogP contribution in [0.4, 0.5) is 0 Å². The van der Waals surface area contributed by atoms with E-state index in [9.17, 15) is 13.2 Å². The average Bonchev–Trinajstić information content (AvgIpc) is 3.29. The van der Waals surface area contributed by atoms with Crippen LogP contribution >= 0.6 is 11.3 Å². The summed E-state index contributed by atoms with van der Waals surface area (Å²) >= 11 is 1.20. The summed E-state index contributed by atoms with van der Waals surface area (Å²) in [5.41, 5.74) is 0.918. The van der Waals surface area contributed by atoms with Crippen LogP contribution in [-0.2, 0) is 14.8 Å². The number of hydrogen-bond acceptors (Lipinski definition) is 6. The van der Waals surface area contributed by atoms with Crippen LogP contribution in [0.25, 0.3) is 0 Å². The van der Waals surface area contributed by atoms with Gasteiger partial charge in [0.25, 0.3) is 10.0 Å². The largest absolute Gasteiger partial charge is 0.486 e. The first-order valence-corrected chi connectivity index (χ1v) is 12.0. The van der Waals surface area contributed by atoms with Crippen LogP contribution in [0.5, 0.6) is 11.5 Å². The first-order chi connectivity index (χ1) is 13.9. The summed E-state index contributed by atoms with van der Waals surface area (Å²) in [5.74, 6) is 0.901. The van der Waals surface area contributed by atoms with Crippen LogP contribution in [0.3, 0.4) is 0 Å². The molecule has 1 aromatic carbocycles. The number of rotatable bonds is 5. The van der Waals surface area contributed by atoms with Crippen LogP contribution in [0, 0.1) is 5.92 Å². The van der Waals surface area contributed by atoms with Crippen molar-refractivity contribution >= 4 is 27.3 Å². The van der Waals surface area contributed by atoms with Gasteiger partial charge in [-0.05, 0) is 48.9 Å². The third-order valence-corrected chi connectivity index (χ3v) is 8.51. The molecule has 2 atom stereocenters. The van der Waals surface area contributed by atoms with Crippen molar-refractivity contribution in [3.63, 3.8) is 0 Å². The standard InChI is InChI=1S/C20H24N2O5S2/c1-14(15-6-7-17-18(12-15)27-10-9-26-17)21-20(23)16-4-2-8-22(13-16)29(24,25)19-5-3-11-28-19/h3,5-7,11-12,14,16H,2,4,8-10,13H2,1H3,(H,21,23)/t14-,16+/m0/s1. The molecule has 3 heterocycles. The minimum atomic E-state index is -3.53. The molecule has 1 aromatic heterocycles. The van der Waals surface area contributed by atoms with Crippen LogP contribution < -0.4 is 14.8 Å². The molecular weight excluding hydrogens is 412 g/mol. The van der Waals surface area contributed by atoms with Crippen molar-refractivity contribution in [2.45, 2.75) is 30.0 Å². The van der Waals surface area contributed by atoms with Crippen molar-refractivity contribution in [3.05, 3.63) is 41.3 Å². The summed E-state index contributed by atoms with van der Waals surface area (Å²) in [6.45, 7) is 3.60. The number of thiophene rings is 1. The van der Waals surface area contributed by atoms with Gasteiger partial charge in [0.05, 0.1) is 12.0 Å². The Balaban J connectivity index is 1.41. The van der Waals surface area contributed by atoms with Crippen molar-refractivity contribution in [2.75, 3.05) is 26.3 Å². The number of nitrogens with one attached hydrogen (secondary N) is 1. The van der Waals surface area contributed by atoms with Crippen LogP contribution in [0.1, 0.15) is 31.4 Å². The van der Waals surface area contributed by atoms with E-state index in [2.05, 4.69) is 5.32 Å². The number of piperidine rings is 1. The van der Waals surface area contributed by atoms with Gasteiger partial charge in [0, 0.05) is 13.1 Å². The number of carbonyl (C=O) groups excluding carboxylic acids is 1. The highest BCUT2D eigenvalue weighted by atomic mass is 32.2. The molecule has 2 aromatic rings. The van der Waals surface area contributed by atoms with Gasteiger partial charge >= 0.3 is 0 Å². The minimum absolute atomic E-state index is 0.126. The molecule has 0 saturated carbocycles. The molecule has 0 bridgehead atoms. The van der Waals surface area contributed by atoms with Gasteiger partial charge < -0.3 is 14.8 Å². The Bertz CT molecular complexity index is 975. The predicted octanol–water partition coefficient (Wildman–Crippen LogP) is 2.80. The van der Waals surface area contributed by atoms with Crippen LogP contribution in [0.2, 0.25) is 0 Å². The second-order valence-electron chi connectivity index (χ2n) is 7.27. The van der Waals surface area contributed by atoms with Gasteiger partial charge in [-0.2, -0.15) is 4.31 Å². The van der Waals surface area contributed by atoms with Gasteiger partial charge in [-0.3, -0.25) is 4.79 Å². The molecule has 1 fully saturated rings. The van der Waals surface area contributed by atoms with Gasteiger partial charge in [-0.1, -0.05) is 12.1 Å². The number of sulfonamides is 1. The van der Waals surface area contributed by atoms with E-state index < -0.39 is 10.0 Å². The molecule has 0 spiro atoms. The zero-order valence-corrected chi connectivity index (χ0v) is 17.8. The zero-order valence-electron chi connectivity index (χ0n) is 16.2. The molecule has 0 radical (unpaired) electrons. The number of hydrogen-bond donors (Lipinski definition) is 1. The number of fused-ring (bicyclic) bond motifs is 1. The minimum Gasteiger partial charge on any atom is -0.486 e. The topological polar surface area (TPSA) is 84.9 Å². The highest BCUT2D eigenvalue weighted by Gasteiger charge is 2.34. The number of nitrogens with zero attached hydrogens (tertiary/aromatic N) is 1. The molecule has 1 saturated heterocycles. The lowest BCUT2D eigenvalue weighted by atomic mass is 9.97. The fourth-order valence-corrected chi connectivity index (χ4v) is 6.32. The number of amides is 1. The second-order valence-corrected chi connectivity index (χ2v) is 10.4. The van der Waals surface area contributed by atoms with Crippen LogP contribution in [0.15, 0.2) is 39.9 Å². The molecule has 4 rings (SSSR count). The first-order valence-electron chi connectivity index (χ1n) is 9.69. The van der Waals surface area contributed by atoms with E-state index >= 15 is 0 Å². The SMILES string of the molecule is C[C@H](NC(=O)[C@@H]1CCCN(S(=O)(=O)c2cccs2)C1)c1ccc2c(c1)OCCO2. The maximum atomic E-state index is 12.8. The lowest BCUT2D eigenvalue weighted by molar-refractivity contribution is -0.126. The van der Waals surface area contributed by atoms with Gasteiger partial charge in [0.2, 0.25) is 5.91 Å². The third-order valence-electron chi connectivity index (χ3n) is 5.27. The molecule has 1 N–H and O–H groups in total. The lowest BCUT2D eigenvalue weighted by Crippen LogP contribution is -2.45. The van der Waals surface area contributed by atoms with Crippen molar-refractivity contribution in [3.8, 4) is 11.5 Å². The number of carbonyl (C=O) groups is 1. The molecule has 156 valence electrons. The molecule has 0 unspecified atom stereocenters. The maximum Gasteiger partial charge on any atom is 0.252 e. The quantitative estimate of drug-likeness (QED) is 0.779. The molecule has 9 heteroatoms. The highest BCUT2D eigenvalue weighted by molar-refractivity contribution is 7.91. The monoisotopic (exact) mass is 436 g/mol. The molecule has 2 aliphatic rings. The molecule has 0 aliphatic carbocycles. The molecule has 2 aliphatic heterocycles. The van der Waals surface area contributed by atoms with Crippen LogP contribution in [-0.4, -0.2) is 44.9 Å². The van der Waals surface area contributed by atoms with Gasteiger partial charge in [-0.15, -0.1) is 11.3 Å². The van der Waals surface area contributed by atoms with Gasteiger partial charge in [0.1, 0.15) is 17.4 Å². The molecular formula is C20H24N2O5S2. The van der Waals surface area contributed by atoms with E-state index in [1.807, 2.05) is 25.1 Å². The van der Waals surface area contributed by atoms with Gasteiger partial charge in [0.15, 0.2) is 11.5 Å². The molecule has 29 heavy (non-hydrogen) atoms. The molecule has 7 nitrogen and oxygen atoms in total. The fraction of sp³-hybridized carbons (Fsp3) is 0.450. The summed E-state index contributed by atoms with van der Waals surface area (Å²) in [4.78, 5) is 12.8. The van der Waals surface area contributed by atoms with E-state index in [1.54, 1.807) is 17.5 Å². The Morgan fingerprint density at radius 2 is 2.03 bits per heavy atom. The number of benzene rings is 1. The van der Waals surface area contributed by atoms with E-state index in [1.165, 1.54) is 15.6 Å². The van der Waals surface area contributed by atoms with Crippen molar-refractivity contribution < 1.29 is 22.7 Å². The number of ether oxygens (including phenoxy) is 2. The van der Waals surface area contributed by atoms with Crippen molar-refractivity contribution in [1.29, 1.82) is 0 Å². The zero-order chi connectivity index (χ0) is 20.4. The highest BCUT2D eigenvalue weighted by Crippen LogP contribution is 2.33. The summed E-state index contributed by atoms with van der Waals surface area (Å²) in [6, 6.07) is 8.75. The van der Waals surface area contributed by atoms with E-state index in [4.69, 9.17) is 9.47 Å². The van der Waals surface area contributed by atoms with Gasteiger partial charge in [-0.25, -0.2) is 8.42 Å². The summed E-state index contributed by atoms with van der Waals surface area (Å²) in [6.07, 6.45) is 1.34. The normalized spacial score (nSPS) is 20.8. The second kappa shape index (κ2) is 8.33. The average molecular weight is 437 g/mol. The predicted molar refractivity (Wildman–Crippen MR) is 110 cm³/mol. The van der Waals surface area contributed by atoms with E-state index in [-0.39, 0.29) is 24.4 Å². The fourth-order valence-electron chi connectivity index (χ4n) is 3.66. The first kappa shape index (κ1) is 20.2. The Morgan fingerprint density at radius 1 is 1.24 bits per heavy atom. The Labute approximate surface area is 174 Å². The van der Waals surface area contributed by atoms with Crippen molar-refractivity contribution in [2.24, 2.45) is 5.92 Å². The van der Waals surface area contributed by atoms with E-state index in [0.29, 0.717) is 48.3 Å². The Morgan fingerprint density at radius 3 is 2.79 bits per heavy atom. The Hall–Kier alpha value is -2.10. The molecule has 1 amide bonds. The van der Waals surface area contributed by atoms with Crippen molar-refractivity contribution in [1.82, 2.24) is 9.62 Å². The summed E-state index contributed by atoms with van der Waals surface area (Å²) < 4.78 is 38.5. The Kier molecular flexibility index (Phi) is 5.80. The van der Waals surface area contributed by atoms with E-state index in [0.717, 1.165) is 5.56 Å². The summed E-state index contributed by atoms with van der Waals surface area (Å²) in [5, 5.41) is 4.77. The summed E-state index contributed by atoms with van der Waals surface area (Å²) in [7, 11) is -3.53. The maximum absolute atomic E-state index is 12.8. The lowest BCUT2D eigenvalue weighted by Gasteiger charge is -2.31. The smallest absolute Gasteiger partial charge is 0.252 e. The third kappa shape index (κ3) is 4.26.